The van der Waals surface area contributed by atoms with E-state index in [1.54, 1.807) is 0 Å². The molecule has 1 saturated heterocycles. The number of nitrogens with zero attached hydrogens (tertiary/aromatic N) is 2. The van der Waals surface area contributed by atoms with Gasteiger partial charge in [0.2, 0.25) is 0 Å². The molecule has 0 aliphatic carbocycles. The number of hydrogen-bond acceptors (Lipinski definition) is 3. The van der Waals surface area contributed by atoms with Crippen LogP contribution in [0.4, 0.5) is 0 Å². The van der Waals surface area contributed by atoms with Gasteiger partial charge in [-0.1, -0.05) is 66.2 Å². The summed E-state index contributed by atoms with van der Waals surface area (Å²) in [5.74, 6) is 1.85. The van der Waals surface area contributed by atoms with Crippen molar-refractivity contribution in [1.29, 1.82) is 0 Å². The van der Waals surface area contributed by atoms with E-state index in [0.29, 0.717) is 0 Å². The Labute approximate surface area is 184 Å². The van der Waals surface area contributed by atoms with Gasteiger partial charge in [0.05, 0.1) is 0 Å². The van der Waals surface area contributed by atoms with Gasteiger partial charge in [-0.2, -0.15) is 0 Å². The molecule has 0 aromatic heterocycles. The van der Waals surface area contributed by atoms with Crippen LogP contribution in [-0.4, -0.2) is 49.1 Å². The van der Waals surface area contributed by atoms with Crippen molar-refractivity contribution in [3.8, 4) is 11.5 Å². The summed E-state index contributed by atoms with van der Waals surface area (Å²) in [5.41, 5.74) is 2.51. The van der Waals surface area contributed by atoms with E-state index in [1.807, 2.05) is 48.5 Å². The second kappa shape index (κ2) is 10.6. The van der Waals surface area contributed by atoms with Gasteiger partial charge >= 0.3 is 0 Å². The smallest absolute Gasteiger partial charge is 0.130 e. The van der Waals surface area contributed by atoms with E-state index < -0.39 is 0 Å². The number of para-hydroxylation sites is 2. The van der Waals surface area contributed by atoms with Crippen molar-refractivity contribution < 1.29 is 4.74 Å². The molecule has 3 aromatic carbocycles. The molecule has 1 aliphatic rings. The van der Waals surface area contributed by atoms with Crippen LogP contribution in [0.25, 0.3) is 0 Å². The van der Waals surface area contributed by atoms with Crippen LogP contribution in [0.3, 0.4) is 0 Å². The van der Waals surface area contributed by atoms with Gasteiger partial charge in [-0.3, -0.25) is 0 Å². The molecule has 0 radical (unpaired) electrons. The predicted molar refractivity (Wildman–Crippen MR) is 125 cm³/mol. The summed E-state index contributed by atoms with van der Waals surface area (Å²) < 4.78 is 6.11. The summed E-state index contributed by atoms with van der Waals surface area (Å²) in [6, 6.07) is 26.6. The Kier molecular flexibility index (Phi) is 7.41. The van der Waals surface area contributed by atoms with Gasteiger partial charge in [0.25, 0.3) is 0 Å². The Balaban J connectivity index is 1.24. The Hall–Kier alpha value is -2.33. The maximum atomic E-state index is 6.29. The maximum Gasteiger partial charge on any atom is 0.130 e. The van der Waals surface area contributed by atoms with Crippen molar-refractivity contribution in [2.45, 2.75) is 12.8 Å². The second-order valence-corrected chi connectivity index (χ2v) is 8.20. The molecule has 1 fully saturated rings. The van der Waals surface area contributed by atoms with Crippen LogP contribution in [0.15, 0.2) is 78.9 Å². The standard InChI is InChI=1S/C26H29ClN2O/c27-25-12-6-4-8-22(25)14-16-28-18-20-29(21-19-28)17-15-23-9-5-7-13-26(23)30-24-10-2-1-3-11-24/h1-13H,14-21H2. The molecule has 0 bridgehead atoms. The molecule has 0 spiro atoms. The van der Waals surface area contributed by atoms with Crippen LogP contribution in [-0.2, 0) is 12.8 Å². The lowest BCUT2D eigenvalue weighted by Crippen LogP contribution is -2.47. The van der Waals surface area contributed by atoms with Crippen molar-refractivity contribution in [3.63, 3.8) is 0 Å². The zero-order valence-corrected chi connectivity index (χ0v) is 18.1. The van der Waals surface area contributed by atoms with Crippen molar-refractivity contribution in [1.82, 2.24) is 9.80 Å². The average molecular weight is 421 g/mol. The second-order valence-electron chi connectivity index (χ2n) is 7.80. The highest BCUT2D eigenvalue weighted by Crippen LogP contribution is 2.25. The molecule has 156 valence electrons. The maximum absolute atomic E-state index is 6.29. The first kappa shape index (κ1) is 20.9. The molecular formula is C26H29ClN2O. The first-order chi connectivity index (χ1) is 14.8. The lowest BCUT2D eigenvalue weighted by Gasteiger charge is -2.34. The van der Waals surface area contributed by atoms with Gasteiger partial charge in [-0.15, -0.1) is 0 Å². The fourth-order valence-electron chi connectivity index (χ4n) is 3.92. The van der Waals surface area contributed by atoms with E-state index in [2.05, 4.69) is 40.1 Å². The summed E-state index contributed by atoms with van der Waals surface area (Å²) in [6.45, 7) is 6.60. The zero-order chi connectivity index (χ0) is 20.6. The molecule has 4 rings (SSSR count). The third-order valence-electron chi connectivity index (χ3n) is 5.76. The van der Waals surface area contributed by atoms with Gasteiger partial charge in [-0.25, -0.2) is 0 Å². The topological polar surface area (TPSA) is 15.7 Å². The summed E-state index contributed by atoms with van der Waals surface area (Å²) in [6.07, 6.45) is 2.02. The van der Waals surface area contributed by atoms with Crippen molar-refractivity contribution in [3.05, 3.63) is 95.0 Å². The summed E-state index contributed by atoms with van der Waals surface area (Å²) in [7, 11) is 0. The van der Waals surface area contributed by atoms with Crippen LogP contribution in [0.2, 0.25) is 5.02 Å². The molecule has 3 aromatic rings. The first-order valence-corrected chi connectivity index (χ1v) is 11.1. The molecule has 1 aliphatic heterocycles. The zero-order valence-electron chi connectivity index (χ0n) is 17.3. The highest BCUT2D eigenvalue weighted by Gasteiger charge is 2.17. The van der Waals surface area contributed by atoms with Gasteiger partial charge in [0, 0.05) is 44.3 Å². The highest BCUT2D eigenvalue weighted by atomic mass is 35.5. The first-order valence-electron chi connectivity index (χ1n) is 10.8. The van der Waals surface area contributed by atoms with Gasteiger partial charge in [-0.05, 0) is 48.2 Å². The van der Waals surface area contributed by atoms with Crippen LogP contribution in [0, 0.1) is 0 Å². The number of benzene rings is 3. The third kappa shape index (κ3) is 5.85. The highest BCUT2D eigenvalue weighted by molar-refractivity contribution is 6.31. The van der Waals surface area contributed by atoms with E-state index in [-0.39, 0.29) is 0 Å². The van der Waals surface area contributed by atoms with Gasteiger partial charge in [0.1, 0.15) is 11.5 Å². The molecule has 0 unspecified atom stereocenters. The van der Waals surface area contributed by atoms with Crippen molar-refractivity contribution in [2.24, 2.45) is 0 Å². The van der Waals surface area contributed by atoms with E-state index in [9.17, 15) is 0 Å². The SMILES string of the molecule is Clc1ccccc1CCN1CCN(CCc2ccccc2Oc2ccccc2)CC1. The lowest BCUT2D eigenvalue weighted by atomic mass is 10.1. The molecule has 0 amide bonds. The number of ether oxygens (including phenoxy) is 1. The largest absolute Gasteiger partial charge is 0.457 e. The number of piperazine rings is 1. The van der Waals surface area contributed by atoms with E-state index in [1.165, 1.54) is 11.1 Å². The fourth-order valence-corrected chi connectivity index (χ4v) is 4.15. The quantitative estimate of drug-likeness (QED) is 0.476. The molecular weight excluding hydrogens is 392 g/mol. The summed E-state index contributed by atoms with van der Waals surface area (Å²) in [5, 5.41) is 0.882. The molecule has 30 heavy (non-hydrogen) atoms. The normalized spacial score (nSPS) is 15.2. The predicted octanol–water partition coefficient (Wildman–Crippen LogP) is 5.54. The number of hydrogen-bond donors (Lipinski definition) is 0. The van der Waals surface area contributed by atoms with Crippen LogP contribution < -0.4 is 4.74 Å². The minimum atomic E-state index is 0.882. The van der Waals surface area contributed by atoms with Crippen LogP contribution in [0.5, 0.6) is 11.5 Å². The van der Waals surface area contributed by atoms with Crippen LogP contribution in [0.1, 0.15) is 11.1 Å². The molecule has 0 atom stereocenters. The van der Waals surface area contributed by atoms with Crippen molar-refractivity contribution in [2.75, 3.05) is 39.3 Å². The molecule has 0 N–H and O–H groups in total. The number of rotatable bonds is 8. The minimum absolute atomic E-state index is 0.882. The fraction of sp³-hybridized carbons (Fsp3) is 0.308. The molecule has 0 saturated carbocycles. The third-order valence-corrected chi connectivity index (χ3v) is 6.13. The Morgan fingerprint density at radius 1 is 0.633 bits per heavy atom. The molecule has 3 nitrogen and oxygen atoms in total. The van der Waals surface area contributed by atoms with Crippen molar-refractivity contribution >= 4 is 11.6 Å². The lowest BCUT2D eigenvalue weighted by molar-refractivity contribution is 0.134. The van der Waals surface area contributed by atoms with Gasteiger partial charge < -0.3 is 14.5 Å². The average Bonchev–Trinajstić information content (AvgIpc) is 2.79. The Morgan fingerprint density at radius 2 is 1.17 bits per heavy atom. The Bertz CT molecular complexity index is 923. The van der Waals surface area contributed by atoms with E-state index in [0.717, 1.165) is 68.6 Å². The van der Waals surface area contributed by atoms with E-state index in [4.69, 9.17) is 16.3 Å². The molecule has 1 heterocycles. The van der Waals surface area contributed by atoms with Crippen LogP contribution >= 0.6 is 11.6 Å². The van der Waals surface area contributed by atoms with E-state index >= 15 is 0 Å². The summed E-state index contributed by atoms with van der Waals surface area (Å²) >= 11 is 6.29. The minimum Gasteiger partial charge on any atom is -0.457 e. The molecule has 4 heteroatoms. The summed E-state index contributed by atoms with van der Waals surface area (Å²) in [4.78, 5) is 5.11. The monoisotopic (exact) mass is 420 g/mol. The van der Waals surface area contributed by atoms with Gasteiger partial charge in [0.15, 0.2) is 0 Å². The number of halogens is 1. The Morgan fingerprint density at radius 3 is 1.83 bits per heavy atom.